The lowest BCUT2D eigenvalue weighted by Crippen LogP contribution is -2.50. The summed E-state index contributed by atoms with van der Waals surface area (Å²) in [7, 11) is 0. The summed E-state index contributed by atoms with van der Waals surface area (Å²) < 4.78 is 7.06. The van der Waals surface area contributed by atoms with Crippen LogP contribution in [0.5, 0.6) is 5.75 Å². The van der Waals surface area contributed by atoms with Crippen molar-refractivity contribution in [3.63, 3.8) is 0 Å². The number of tetrazole rings is 1. The molecule has 1 aliphatic heterocycles. The summed E-state index contributed by atoms with van der Waals surface area (Å²) in [5.41, 5.74) is 5.99. The average molecular weight is 463 g/mol. The van der Waals surface area contributed by atoms with Gasteiger partial charge in [-0.05, 0) is 59.7 Å². The first-order valence-electron chi connectivity index (χ1n) is 11.0. The molecule has 1 fully saturated rings. The van der Waals surface area contributed by atoms with Crippen molar-refractivity contribution in [1.29, 1.82) is 0 Å². The van der Waals surface area contributed by atoms with Crippen molar-refractivity contribution in [3.8, 4) is 11.4 Å². The van der Waals surface area contributed by atoms with Gasteiger partial charge in [-0.15, -0.1) is 5.10 Å². The van der Waals surface area contributed by atoms with E-state index in [0.717, 1.165) is 6.42 Å². The number of hydrogen-bond donors (Lipinski definition) is 2. The largest absolute Gasteiger partial charge is 0.493 e. The molecule has 1 aliphatic rings. The zero-order chi connectivity index (χ0) is 23.8. The highest BCUT2D eigenvalue weighted by atomic mass is 16.5. The summed E-state index contributed by atoms with van der Waals surface area (Å²) >= 11 is 0. The van der Waals surface area contributed by atoms with Gasteiger partial charge in [0.2, 0.25) is 11.8 Å². The molecule has 11 heteroatoms. The summed E-state index contributed by atoms with van der Waals surface area (Å²) in [6.07, 6.45) is 3.05. The van der Waals surface area contributed by atoms with Crippen molar-refractivity contribution in [1.82, 2.24) is 36.0 Å². The molecule has 1 atom stereocenters. The standard InChI is InChI=1S/C23H25N7O4/c31-21(12-14-34-20-6-2-1-3-7-20)29-13-4-5-18(15-29)23(33)26-25-22(32)17-8-10-19(11-9-17)30-16-24-27-28-30/h1-3,6-11,16,18H,4-5,12-15H2,(H,25,32)(H,26,33). The number of rotatable bonds is 7. The lowest BCUT2D eigenvalue weighted by Gasteiger charge is -2.32. The van der Waals surface area contributed by atoms with Gasteiger partial charge in [0.05, 0.1) is 24.6 Å². The summed E-state index contributed by atoms with van der Waals surface area (Å²) in [6, 6.07) is 15.9. The number of ether oxygens (including phenoxy) is 1. The lowest BCUT2D eigenvalue weighted by atomic mass is 9.97. The van der Waals surface area contributed by atoms with Gasteiger partial charge >= 0.3 is 0 Å². The molecule has 0 bridgehead atoms. The van der Waals surface area contributed by atoms with Crippen LogP contribution in [0, 0.1) is 5.92 Å². The predicted molar refractivity (Wildman–Crippen MR) is 121 cm³/mol. The summed E-state index contributed by atoms with van der Waals surface area (Å²) in [4.78, 5) is 39.2. The Morgan fingerprint density at radius 2 is 1.82 bits per heavy atom. The van der Waals surface area contributed by atoms with Crippen LogP contribution in [0.25, 0.3) is 5.69 Å². The second-order valence-electron chi connectivity index (χ2n) is 7.84. The van der Waals surface area contributed by atoms with Crippen molar-refractivity contribution < 1.29 is 19.1 Å². The van der Waals surface area contributed by atoms with Gasteiger partial charge in [0, 0.05) is 18.7 Å². The first kappa shape index (κ1) is 22.9. The van der Waals surface area contributed by atoms with Crippen molar-refractivity contribution in [2.24, 2.45) is 5.92 Å². The van der Waals surface area contributed by atoms with Crippen LogP contribution >= 0.6 is 0 Å². The summed E-state index contributed by atoms with van der Waals surface area (Å²) in [6.45, 7) is 1.19. The Labute approximate surface area is 196 Å². The highest BCUT2D eigenvalue weighted by Gasteiger charge is 2.28. The van der Waals surface area contributed by atoms with Gasteiger partial charge < -0.3 is 9.64 Å². The fraction of sp³-hybridized carbons (Fsp3) is 0.304. The summed E-state index contributed by atoms with van der Waals surface area (Å²) in [5.74, 6) is -0.502. The highest BCUT2D eigenvalue weighted by molar-refractivity contribution is 5.95. The Bertz CT molecular complexity index is 1100. The third-order valence-electron chi connectivity index (χ3n) is 5.52. The Kier molecular flexibility index (Phi) is 7.43. The zero-order valence-electron chi connectivity index (χ0n) is 18.5. The molecule has 0 saturated carbocycles. The maximum absolute atomic E-state index is 12.6. The number of carbonyl (C=O) groups is 3. The molecule has 1 unspecified atom stereocenters. The van der Waals surface area contributed by atoms with E-state index in [9.17, 15) is 14.4 Å². The molecule has 3 aromatic rings. The van der Waals surface area contributed by atoms with Crippen molar-refractivity contribution >= 4 is 17.7 Å². The minimum absolute atomic E-state index is 0.0554. The SMILES string of the molecule is O=C(NNC(=O)C1CCCN(C(=O)CCOc2ccccc2)C1)c1ccc(-n2cnnn2)cc1. The molecular formula is C23H25N7O4. The molecule has 11 nitrogen and oxygen atoms in total. The van der Waals surface area contributed by atoms with E-state index in [2.05, 4.69) is 26.4 Å². The average Bonchev–Trinajstić information content (AvgIpc) is 3.43. The first-order chi connectivity index (χ1) is 16.6. The minimum Gasteiger partial charge on any atom is -0.493 e. The zero-order valence-corrected chi connectivity index (χ0v) is 18.5. The normalized spacial score (nSPS) is 15.4. The maximum atomic E-state index is 12.6. The van der Waals surface area contributed by atoms with Gasteiger partial charge in [0.15, 0.2) is 0 Å². The molecule has 2 N–H and O–H groups in total. The molecule has 0 aliphatic carbocycles. The van der Waals surface area contributed by atoms with Crippen molar-refractivity contribution in [2.45, 2.75) is 19.3 Å². The molecule has 0 spiro atoms. The number of benzene rings is 2. The second-order valence-corrected chi connectivity index (χ2v) is 7.84. The van der Waals surface area contributed by atoms with E-state index in [1.165, 1.54) is 11.0 Å². The van der Waals surface area contributed by atoms with Crippen LogP contribution in [0.4, 0.5) is 0 Å². The monoisotopic (exact) mass is 463 g/mol. The van der Waals surface area contributed by atoms with Crippen LogP contribution in [-0.4, -0.2) is 62.5 Å². The summed E-state index contributed by atoms with van der Waals surface area (Å²) in [5, 5.41) is 10.9. The number of para-hydroxylation sites is 1. The molecule has 2 aromatic carbocycles. The van der Waals surface area contributed by atoms with E-state index in [0.29, 0.717) is 36.5 Å². The fourth-order valence-electron chi connectivity index (χ4n) is 3.69. The molecule has 4 rings (SSSR count). The van der Waals surface area contributed by atoms with Crippen LogP contribution in [-0.2, 0) is 9.59 Å². The Hall–Kier alpha value is -4.28. The van der Waals surface area contributed by atoms with Gasteiger partial charge in [-0.3, -0.25) is 25.2 Å². The third-order valence-corrected chi connectivity index (χ3v) is 5.52. The quantitative estimate of drug-likeness (QED) is 0.502. The van der Waals surface area contributed by atoms with Gasteiger partial charge in [-0.25, -0.2) is 4.68 Å². The highest BCUT2D eigenvalue weighted by Crippen LogP contribution is 2.18. The number of hydrogen-bond acceptors (Lipinski definition) is 7. The van der Waals surface area contributed by atoms with Crippen LogP contribution in [0.3, 0.4) is 0 Å². The number of carbonyl (C=O) groups excluding carboxylic acids is 3. The Morgan fingerprint density at radius 1 is 1.03 bits per heavy atom. The van der Waals surface area contributed by atoms with E-state index in [4.69, 9.17) is 4.74 Å². The Balaban J connectivity index is 1.22. The lowest BCUT2D eigenvalue weighted by molar-refractivity contribution is -0.136. The van der Waals surface area contributed by atoms with Gasteiger partial charge in [-0.1, -0.05) is 18.2 Å². The number of nitrogens with one attached hydrogen (secondary N) is 2. The second kappa shape index (κ2) is 11.0. The maximum Gasteiger partial charge on any atom is 0.269 e. The van der Waals surface area contributed by atoms with E-state index in [-0.39, 0.29) is 24.8 Å². The van der Waals surface area contributed by atoms with Crippen LogP contribution < -0.4 is 15.6 Å². The van der Waals surface area contributed by atoms with E-state index in [1.54, 1.807) is 29.2 Å². The predicted octanol–water partition coefficient (Wildman–Crippen LogP) is 1.13. The molecule has 1 aromatic heterocycles. The topological polar surface area (TPSA) is 131 Å². The molecule has 0 radical (unpaired) electrons. The number of amides is 3. The first-order valence-corrected chi connectivity index (χ1v) is 11.0. The van der Waals surface area contributed by atoms with Gasteiger partial charge in [0.25, 0.3) is 5.91 Å². The number of likely N-dealkylation sites (tertiary alicyclic amines) is 1. The minimum atomic E-state index is -0.446. The molecule has 3 amide bonds. The van der Waals surface area contributed by atoms with Crippen LogP contribution in [0.15, 0.2) is 60.9 Å². The molecule has 2 heterocycles. The molecule has 1 saturated heterocycles. The van der Waals surface area contributed by atoms with Crippen molar-refractivity contribution in [3.05, 3.63) is 66.5 Å². The number of aromatic nitrogens is 4. The fourth-order valence-corrected chi connectivity index (χ4v) is 3.69. The molecule has 176 valence electrons. The number of hydrazine groups is 1. The van der Waals surface area contributed by atoms with Crippen LogP contribution in [0.1, 0.15) is 29.6 Å². The smallest absolute Gasteiger partial charge is 0.269 e. The van der Waals surface area contributed by atoms with Gasteiger partial charge in [0.1, 0.15) is 12.1 Å². The molecule has 34 heavy (non-hydrogen) atoms. The van der Waals surface area contributed by atoms with Gasteiger partial charge in [-0.2, -0.15) is 0 Å². The van der Waals surface area contributed by atoms with Crippen LogP contribution in [0.2, 0.25) is 0 Å². The number of nitrogens with zero attached hydrogens (tertiary/aromatic N) is 5. The van der Waals surface area contributed by atoms with E-state index in [1.807, 2.05) is 30.3 Å². The number of piperidine rings is 1. The molecular weight excluding hydrogens is 438 g/mol. The van der Waals surface area contributed by atoms with E-state index >= 15 is 0 Å². The third kappa shape index (κ3) is 5.94. The van der Waals surface area contributed by atoms with Crippen molar-refractivity contribution in [2.75, 3.05) is 19.7 Å². The van der Waals surface area contributed by atoms with E-state index < -0.39 is 11.8 Å². The Morgan fingerprint density at radius 3 is 2.56 bits per heavy atom.